The monoisotopic (exact) mass is 358 g/mol. The molecule has 0 aliphatic carbocycles. The molecule has 0 N–H and O–H groups in total. The first kappa shape index (κ1) is 22.6. The van der Waals surface area contributed by atoms with Crippen LogP contribution < -0.4 is 20.4 Å². The Morgan fingerprint density at radius 2 is 1.09 bits per heavy atom. The third-order valence-corrected chi connectivity index (χ3v) is 2.52. The summed E-state index contributed by atoms with van der Waals surface area (Å²) in [5, 5.41) is 42.1. The van der Waals surface area contributed by atoms with Gasteiger partial charge in [-0.2, -0.15) is 0 Å². The molecule has 1 unspecified atom stereocenters. The van der Waals surface area contributed by atoms with E-state index in [-0.39, 0.29) is 23.6 Å². The van der Waals surface area contributed by atoms with Gasteiger partial charge in [0.2, 0.25) is 0 Å². The van der Waals surface area contributed by atoms with Crippen LogP contribution in [0.25, 0.3) is 0 Å². The molecular weight excluding hydrogens is 344 g/mol. The summed E-state index contributed by atoms with van der Waals surface area (Å²) >= 11 is 0. The van der Waals surface area contributed by atoms with Gasteiger partial charge in [-0.3, -0.25) is 9.80 Å². The van der Waals surface area contributed by atoms with Gasteiger partial charge in [0.05, 0.1) is 23.9 Å². The minimum Gasteiger partial charge on any atom is -0.549 e. The Kier molecular flexibility index (Phi) is 11.3. The van der Waals surface area contributed by atoms with Crippen molar-refractivity contribution < 1.29 is 56.7 Å². The van der Waals surface area contributed by atoms with E-state index in [1.54, 1.807) is 0 Å². The molecule has 1 radical (unpaired) electrons. The normalized spacial score (nSPS) is 11.8. The second-order valence-electron chi connectivity index (χ2n) is 4.41. The second kappa shape index (κ2) is 11.0. The minimum atomic E-state index is -1.53. The zero-order valence-electron chi connectivity index (χ0n) is 11.6. The van der Waals surface area contributed by atoms with E-state index in [4.69, 9.17) is 0 Å². The molecule has 0 amide bonds. The quantitative estimate of drug-likeness (QED) is 0.324. The van der Waals surface area contributed by atoms with Crippen molar-refractivity contribution in [3.8, 4) is 0 Å². The first-order chi connectivity index (χ1) is 9.61. The molecule has 0 rings (SSSR count). The number of carboxylic acids is 4. The summed E-state index contributed by atoms with van der Waals surface area (Å²) in [5.74, 6) is -6.13. The average Bonchev–Trinajstić information content (AvgIpc) is 2.24. The second-order valence-corrected chi connectivity index (χ2v) is 4.41. The molecule has 125 valence electrons. The predicted octanol–water partition coefficient (Wildman–Crippen LogP) is -7.02. The van der Waals surface area contributed by atoms with Crippen LogP contribution in [0.5, 0.6) is 0 Å². The third-order valence-electron chi connectivity index (χ3n) is 2.52. The van der Waals surface area contributed by atoms with Crippen molar-refractivity contribution in [3.63, 3.8) is 0 Å². The van der Waals surface area contributed by atoms with Crippen LogP contribution in [-0.4, -0.2) is 72.4 Å². The molecule has 0 fully saturated rings. The number of carbonyl (C=O) groups excluding carboxylic acids is 4. The molecule has 0 bridgehead atoms. The molecule has 0 saturated heterocycles. The van der Waals surface area contributed by atoms with E-state index in [0.717, 1.165) is 9.80 Å². The van der Waals surface area contributed by atoms with E-state index in [1.807, 2.05) is 0 Å². The number of nitrogens with zero attached hydrogens (tertiary/aromatic N) is 2. The third kappa shape index (κ3) is 11.0. The van der Waals surface area contributed by atoms with Gasteiger partial charge in [0.15, 0.2) is 0 Å². The van der Waals surface area contributed by atoms with Crippen LogP contribution in [0.1, 0.15) is 6.92 Å². The Balaban J connectivity index is 0. The SMILES string of the molecule is CC(CN(CC(=O)[O-])CC(=O)[O-])N(CC(=O)[O-])CC(=O)[O-].[Fe+3]. The van der Waals surface area contributed by atoms with Crippen molar-refractivity contribution in [3.05, 3.63) is 0 Å². The van der Waals surface area contributed by atoms with Gasteiger partial charge in [-0.1, -0.05) is 0 Å². The van der Waals surface area contributed by atoms with Crippen molar-refractivity contribution >= 4 is 23.9 Å². The topological polar surface area (TPSA) is 167 Å². The minimum absolute atomic E-state index is 0. The van der Waals surface area contributed by atoms with Gasteiger partial charge in [0, 0.05) is 38.8 Å². The first-order valence-electron chi connectivity index (χ1n) is 5.87. The molecule has 0 spiro atoms. The molecule has 0 aromatic rings. The van der Waals surface area contributed by atoms with E-state index >= 15 is 0 Å². The maximum Gasteiger partial charge on any atom is 3.00 e. The van der Waals surface area contributed by atoms with Gasteiger partial charge in [-0.05, 0) is 6.92 Å². The Hall–Kier alpha value is -1.68. The molecule has 0 aliphatic heterocycles. The summed E-state index contributed by atoms with van der Waals surface area (Å²) in [6.07, 6.45) is 0. The summed E-state index contributed by atoms with van der Waals surface area (Å²) in [6, 6.07) is -0.778. The summed E-state index contributed by atoms with van der Waals surface area (Å²) in [7, 11) is 0. The van der Waals surface area contributed by atoms with E-state index in [1.165, 1.54) is 6.92 Å². The van der Waals surface area contributed by atoms with E-state index < -0.39 is 56.1 Å². The zero-order chi connectivity index (χ0) is 16.6. The average molecular weight is 358 g/mol. The molecule has 11 heteroatoms. The van der Waals surface area contributed by atoms with Crippen molar-refractivity contribution in [1.82, 2.24) is 9.80 Å². The van der Waals surface area contributed by atoms with Crippen LogP contribution in [0, 0.1) is 0 Å². The van der Waals surface area contributed by atoms with Crippen molar-refractivity contribution in [2.45, 2.75) is 13.0 Å². The largest absolute Gasteiger partial charge is 3.00 e. The number of rotatable bonds is 11. The molecule has 1 atom stereocenters. The Morgan fingerprint density at radius 3 is 1.36 bits per heavy atom. The number of aliphatic carboxylic acids is 4. The number of hydrogen-bond acceptors (Lipinski definition) is 10. The summed E-state index contributed by atoms with van der Waals surface area (Å²) in [4.78, 5) is 44.0. The van der Waals surface area contributed by atoms with Crippen LogP contribution in [0.2, 0.25) is 0 Å². The fourth-order valence-corrected chi connectivity index (χ4v) is 1.74. The molecule has 22 heavy (non-hydrogen) atoms. The molecule has 0 saturated carbocycles. The van der Waals surface area contributed by atoms with Gasteiger partial charge >= 0.3 is 17.1 Å². The Bertz CT molecular complexity index is 385. The van der Waals surface area contributed by atoms with Crippen LogP contribution >= 0.6 is 0 Å². The van der Waals surface area contributed by atoms with E-state index in [2.05, 4.69) is 0 Å². The Morgan fingerprint density at radius 1 is 0.773 bits per heavy atom. The number of carbonyl (C=O) groups is 4. The number of carboxylic acid groups (broad SMARTS) is 4. The molecule has 0 heterocycles. The zero-order valence-corrected chi connectivity index (χ0v) is 12.7. The number of hydrogen-bond donors (Lipinski definition) is 0. The van der Waals surface area contributed by atoms with Crippen LogP contribution in [0.4, 0.5) is 0 Å². The molecule has 10 nitrogen and oxygen atoms in total. The fraction of sp³-hybridized carbons (Fsp3) is 0.636. The van der Waals surface area contributed by atoms with E-state index in [0.29, 0.717) is 0 Å². The van der Waals surface area contributed by atoms with Crippen molar-refractivity contribution in [2.24, 2.45) is 0 Å². The summed E-state index contributed by atoms with van der Waals surface area (Å²) < 4.78 is 0. The molecule has 0 aromatic carbocycles. The first-order valence-corrected chi connectivity index (χ1v) is 5.87. The maximum atomic E-state index is 10.5. The molecular formula is C11H14FeN2O8-. The van der Waals surface area contributed by atoms with Gasteiger partial charge in [0.25, 0.3) is 0 Å². The van der Waals surface area contributed by atoms with Gasteiger partial charge < -0.3 is 39.6 Å². The fourth-order valence-electron chi connectivity index (χ4n) is 1.74. The maximum absolute atomic E-state index is 10.5. The summed E-state index contributed by atoms with van der Waals surface area (Å²) in [6.45, 7) is -1.70. The molecule has 0 aliphatic rings. The van der Waals surface area contributed by atoms with E-state index in [9.17, 15) is 39.6 Å². The van der Waals surface area contributed by atoms with Crippen molar-refractivity contribution in [2.75, 3.05) is 32.7 Å². The van der Waals surface area contributed by atoms with Crippen molar-refractivity contribution in [1.29, 1.82) is 0 Å². The molecule has 0 aromatic heterocycles. The smallest absolute Gasteiger partial charge is 0.549 e. The van der Waals surface area contributed by atoms with Crippen LogP contribution in [0.3, 0.4) is 0 Å². The van der Waals surface area contributed by atoms with Crippen LogP contribution in [-0.2, 0) is 36.2 Å². The standard InChI is InChI=1S/C11H18N2O8.Fe/c1-7(13(5-10(18)19)6-11(20)21)2-12(3-8(14)15)4-9(16)17;/h7H,2-6H2,1H3,(H,14,15)(H,16,17)(H,18,19)(H,20,21);/q;+3/p-4. The van der Waals surface area contributed by atoms with Gasteiger partial charge in [0.1, 0.15) is 0 Å². The summed E-state index contributed by atoms with van der Waals surface area (Å²) in [5.41, 5.74) is 0. The van der Waals surface area contributed by atoms with Gasteiger partial charge in [-0.25, -0.2) is 0 Å². The Labute approximate surface area is 136 Å². The van der Waals surface area contributed by atoms with Gasteiger partial charge in [-0.15, -0.1) is 0 Å². The van der Waals surface area contributed by atoms with Crippen LogP contribution in [0.15, 0.2) is 0 Å². The predicted molar refractivity (Wildman–Crippen MR) is 57.5 cm³/mol.